The lowest BCUT2D eigenvalue weighted by molar-refractivity contribution is -0.156. The van der Waals surface area contributed by atoms with Gasteiger partial charge in [0.2, 0.25) is 0 Å². The molecule has 0 spiro atoms. The van der Waals surface area contributed by atoms with Crippen LogP contribution in [0.15, 0.2) is 29.9 Å². The van der Waals surface area contributed by atoms with Crippen LogP contribution in [0.3, 0.4) is 0 Å². The van der Waals surface area contributed by atoms with Gasteiger partial charge in [-0.05, 0) is 67.1 Å². The molecule has 2 aliphatic rings. The molecule has 0 saturated heterocycles. The van der Waals surface area contributed by atoms with Crippen LogP contribution < -0.4 is 0 Å². The molecule has 0 bridgehead atoms. The molecule has 3 rings (SSSR count). The minimum Gasteiger partial charge on any atom is -0.481 e. The zero-order chi connectivity index (χ0) is 20.7. The van der Waals surface area contributed by atoms with Gasteiger partial charge in [-0.2, -0.15) is 0 Å². The topological polar surface area (TPSA) is 58.9 Å². The SMILES string of the molecule is C=CCO/N=C1\C[C@H]2[C@](C)(C(=O)O)CCC[C@]2(C)c2ccc(C(C)C)c(C)c21. The van der Waals surface area contributed by atoms with Crippen molar-refractivity contribution in [3.05, 3.63) is 47.0 Å². The van der Waals surface area contributed by atoms with Crippen LogP contribution in [0.4, 0.5) is 0 Å². The number of carbonyl (C=O) groups is 1. The van der Waals surface area contributed by atoms with E-state index in [1.165, 1.54) is 22.3 Å². The first-order valence-electron chi connectivity index (χ1n) is 10.3. The number of benzene rings is 1. The number of oxime groups is 1. The number of rotatable bonds is 5. The van der Waals surface area contributed by atoms with Crippen LogP contribution in [-0.4, -0.2) is 23.4 Å². The monoisotopic (exact) mass is 383 g/mol. The van der Waals surface area contributed by atoms with Crippen molar-refractivity contribution in [2.45, 2.75) is 71.6 Å². The zero-order valence-corrected chi connectivity index (χ0v) is 17.8. The molecule has 1 N–H and O–H groups in total. The summed E-state index contributed by atoms with van der Waals surface area (Å²) in [5.41, 5.74) is 4.92. The van der Waals surface area contributed by atoms with E-state index in [2.05, 4.69) is 51.6 Å². The van der Waals surface area contributed by atoms with Crippen molar-refractivity contribution in [2.75, 3.05) is 6.61 Å². The van der Waals surface area contributed by atoms with Gasteiger partial charge < -0.3 is 9.94 Å². The molecular weight excluding hydrogens is 350 g/mol. The van der Waals surface area contributed by atoms with E-state index < -0.39 is 11.4 Å². The van der Waals surface area contributed by atoms with E-state index in [4.69, 9.17) is 4.84 Å². The lowest BCUT2D eigenvalue weighted by Gasteiger charge is -2.53. The van der Waals surface area contributed by atoms with Crippen LogP contribution in [0.1, 0.15) is 81.5 Å². The number of nitrogens with zero attached hydrogens (tertiary/aromatic N) is 1. The minimum atomic E-state index is -0.755. The summed E-state index contributed by atoms with van der Waals surface area (Å²) in [5.74, 6) is -0.287. The highest BCUT2D eigenvalue weighted by molar-refractivity contribution is 6.05. The second kappa shape index (κ2) is 7.38. The van der Waals surface area contributed by atoms with Gasteiger partial charge in [-0.1, -0.05) is 57.1 Å². The van der Waals surface area contributed by atoms with Crippen molar-refractivity contribution in [3.8, 4) is 0 Å². The molecular formula is C24H33NO3. The first-order chi connectivity index (χ1) is 13.2. The largest absolute Gasteiger partial charge is 0.481 e. The maximum absolute atomic E-state index is 12.3. The number of fused-ring (bicyclic) bond motifs is 3. The molecule has 0 amide bonds. The van der Waals surface area contributed by atoms with Gasteiger partial charge in [0.1, 0.15) is 6.61 Å². The van der Waals surface area contributed by atoms with Crippen LogP contribution in [0, 0.1) is 18.3 Å². The molecule has 152 valence electrons. The van der Waals surface area contributed by atoms with Crippen molar-refractivity contribution in [2.24, 2.45) is 16.5 Å². The van der Waals surface area contributed by atoms with Gasteiger partial charge in [0.25, 0.3) is 0 Å². The zero-order valence-electron chi connectivity index (χ0n) is 17.8. The Labute approximate surface area is 168 Å². The molecule has 4 nitrogen and oxygen atoms in total. The van der Waals surface area contributed by atoms with E-state index in [-0.39, 0.29) is 11.3 Å². The molecule has 1 fully saturated rings. The van der Waals surface area contributed by atoms with E-state index in [0.29, 0.717) is 25.4 Å². The first-order valence-corrected chi connectivity index (χ1v) is 10.3. The third-order valence-corrected chi connectivity index (χ3v) is 7.22. The fraction of sp³-hybridized carbons (Fsp3) is 0.583. The summed E-state index contributed by atoms with van der Waals surface area (Å²) in [6.45, 7) is 14.8. The van der Waals surface area contributed by atoms with Gasteiger partial charge in [0, 0.05) is 5.56 Å². The van der Waals surface area contributed by atoms with Gasteiger partial charge in [0.05, 0.1) is 11.1 Å². The second-order valence-electron chi connectivity index (χ2n) is 9.23. The molecule has 0 aromatic heterocycles. The van der Waals surface area contributed by atoms with Gasteiger partial charge >= 0.3 is 5.97 Å². The Kier molecular flexibility index (Phi) is 5.44. The van der Waals surface area contributed by atoms with Gasteiger partial charge in [-0.25, -0.2) is 0 Å². The Bertz CT molecular complexity index is 825. The quantitative estimate of drug-likeness (QED) is 0.410. The van der Waals surface area contributed by atoms with E-state index in [9.17, 15) is 9.90 Å². The lowest BCUT2D eigenvalue weighted by atomic mass is 9.49. The van der Waals surface area contributed by atoms with Gasteiger partial charge in [-0.15, -0.1) is 0 Å². The Hall–Kier alpha value is -2.10. The standard InChI is InChI=1S/C24H33NO3/c1-7-13-28-25-19-14-20-23(5,11-8-12-24(20,6)22(26)27)18-10-9-17(15(2)3)16(4)21(18)19/h7,9-10,15,20H,1,8,11-14H2,2-6H3,(H,26,27)/b25-19+/t20-,23-,24-/m1/s1. The van der Waals surface area contributed by atoms with Crippen LogP contribution in [0.25, 0.3) is 0 Å². The lowest BCUT2D eigenvalue weighted by Crippen LogP contribution is -2.53. The molecule has 0 unspecified atom stereocenters. The number of carboxylic acid groups (broad SMARTS) is 1. The average Bonchev–Trinajstić information content (AvgIpc) is 2.62. The van der Waals surface area contributed by atoms with E-state index >= 15 is 0 Å². The van der Waals surface area contributed by atoms with Crippen molar-refractivity contribution in [1.82, 2.24) is 0 Å². The van der Waals surface area contributed by atoms with Gasteiger partial charge in [-0.3, -0.25) is 4.79 Å². The third-order valence-electron chi connectivity index (χ3n) is 7.22. The van der Waals surface area contributed by atoms with Crippen LogP contribution in [0.5, 0.6) is 0 Å². The summed E-state index contributed by atoms with van der Waals surface area (Å²) >= 11 is 0. The van der Waals surface area contributed by atoms with E-state index in [0.717, 1.165) is 18.6 Å². The van der Waals surface area contributed by atoms with Crippen LogP contribution in [0.2, 0.25) is 0 Å². The summed E-state index contributed by atoms with van der Waals surface area (Å²) in [4.78, 5) is 17.8. The van der Waals surface area contributed by atoms with Crippen molar-refractivity contribution >= 4 is 11.7 Å². The number of carboxylic acids is 1. The number of hydrogen-bond acceptors (Lipinski definition) is 3. The van der Waals surface area contributed by atoms with Crippen molar-refractivity contribution < 1.29 is 14.7 Å². The summed E-state index contributed by atoms with van der Waals surface area (Å²) in [6, 6.07) is 4.45. The second-order valence-corrected chi connectivity index (χ2v) is 9.23. The summed E-state index contributed by atoms with van der Waals surface area (Å²) in [7, 11) is 0. The van der Waals surface area contributed by atoms with Crippen LogP contribution >= 0.6 is 0 Å². The molecule has 0 heterocycles. The number of aliphatic carboxylic acids is 1. The molecule has 1 aromatic carbocycles. The molecule has 2 aliphatic carbocycles. The number of hydrogen-bond donors (Lipinski definition) is 1. The molecule has 1 aromatic rings. The highest BCUT2D eigenvalue weighted by Gasteiger charge is 2.56. The molecule has 1 saturated carbocycles. The Balaban J connectivity index is 2.24. The molecule has 28 heavy (non-hydrogen) atoms. The molecule has 0 radical (unpaired) electrons. The predicted octanol–water partition coefficient (Wildman–Crippen LogP) is 5.58. The molecule has 3 atom stereocenters. The van der Waals surface area contributed by atoms with Crippen molar-refractivity contribution in [1.29, 1.82) is 0 Å². The summed E-state index contributed by atoms with van der Waals surface area (Å²) in [6.07, 6.45) is 4.96. The highest BCUT2D eigenvalue weighted by atomic mass is 16.6. The van der Waals surface area contributed by atoms with Crippen LogP contribution in [-0.2, 0) is 15.0 Å². The maximum atomic E-state index is 12.3. The third kappa shape index (κ3) is 3.07. The summed E-state index contributed by atoms with van der Waals surface area (Å²) < 4.78 is 0. The molecule has 4 heteroatoms. The summed E-state index contributed by atoms with van der Waals surface area (Å²) in [5, 5.41) is 14.6. The molecule has 0 aliphatic heterocycles. The fourth-order valence-corrected chi connectivity index (χ4v) is 5.65. The van der Waals surface area contributed by atoms with Gasteiger partial charge in [0.15, 0.2) is 0 Å². The van der Waals surface area contributed by atoms with E-state index in [1.54, 1.807) is 6.08 Å². The average molecular weight is 384 g/mol. The Morgan fingerprint density at radius 1 is 1.39 bits per heavy atom. The normalized spacial score (nSPS) is 30.6. The highest BCUT2D eigenvalue weighted by Crippen LogP contribution is 2.58. The van der Waals surface area contributed by atoms with E-state index in [1.807, 2.05) is 6.92 Å². The maximum Gasteiger partial charge on any atom is 0.309 e. The predicted molar refractivity (Wildman–Crippen MR) is 113 cm³/mol. The Morgan fingerprint density at radius 3 is 2.71 bits per heavy atom. The fourth-order valence-electron chi connectivity index (χ4n) is 5.65. The first kappa shape index (κ1) is 20.6. The minimum absolute atomic E-state index is 0.00543. The van der Waals surface area contributed by atoms with Crippen molar-refractivity contribution in [3.63, 3.8) is 0 Å². The Morgan fingerprint density at radius 2 is 2.11 bits per heavy atom. The smallest absolute Gasteiger partial charge is 0.309 e.